The zero-order chi connectivity index (χ0) is 12.6. The molecule has 0 heterocycles. The molecule has 0 bridgehead atoms. The number of primary amides is 1. The molecule has 0 saturated heterocycles. The summed E-state index contributed by atoms with van der Waals surface area (Å²) in [4.78, 5) is 20.8. The molecule has 6 nitrogen and oxygen atoms in total. The third kappa shape index (κ3) is 8.51. The number of amides is 2. The van der Waals surface area contributed by atoms with Gasteiger partial charge in [-0.05, 0) is 13.8 Å². The van der Waals surface area contributed by atoms with Gasteiger partial charge in [-0.15, -0.1) is 0 Å². The molecule has 0 spiro atoms. The van der Waals surface area contributed by atoms with E-state index in [9.17, 15) is 9.59 Å². The molecular formula is C9H16N2O4. The van der Waals surface area contributed by atoms with Crippen molar-refractivity contribution in [2.75, 3.05) is 0 Å². The highest BCUT2D eigenvalue weighted by molar-refractivity contribution is 5.84. The molecule has 0 saturated carbocycles. The lowest BCUT2D eigenvalue weighted by atomic mass is 10.4. The van der Waals surface area contributed by atoms with E-state index < -0.39 is 18.2 Å². The summed E-state index contributed by atoms with van der Waals surface area (Å²) in [5.74, 6) is -0.935. The van der Waals surface area contributed by atoms with E-state index in [2.05, 4.69) is 13.2 Å². The summed E-state index contributed by atoms with van der Waals surface area (Å²) in [5, 5.41) is 16.6. The number of carbonyl (C=O) groups is 2. The molecule has 0 radical (unpaired) electrons. The molecule has 0 aromatic heterocycles. The van der Waals surface area contributed by atoms with Gasteiger partial charge in [-0.1, -0.05) is 13.2 Å². The van der Waals surface area contributed by atoms with Crippen LogP contribution in [0.3, 0.4) is 0 Å². The van der Waals surface area contributed by atoms with Gasteiger partial charge in [0.1, 0.15) is 6.23 Å². The fourth-order valence-electron chi connectivity index (χ4n) is 0.427. The SMILES string of the molecule is C=C(C)C(=O)O.C=CN(C(N)=O)C(C)O. The molecule has 0 rings (SSSR count). The first kappa shape index (κ1) is 15.6. The maximum absolute atomic E-state index is 10.3. The summed E-state index contributed by atoms with van der Waals surface area (Å²) >= 11 is 0. The normalized spacial score (nSPS) is 10.3. The van der Waals surface area contributed by atoms with Crippen LogP contribution in [0.5, 0.6) is 0 Å². The molecule has 15 heavy (non-hydrogen) atoms. The van der Waals surface area contributed by atoms with Crippen LogP contribution in [-0.4, -0.2) is 33.3 Å². The van der Waals surface area contributed by atoms with Crippen molar-refractivity contribution >= 4 is 12.0 Å². The number of rotatable bonds is 3. The Kier molecular flexibility index (Phi) is 7.90. The molecule has 0 aromatic rings. The first-order valence-electron chi connectivity index (χ1n) is 4.01. The summed E-state index contributed by atoms with van der Waals surface area (Å²) in [6.07, 6.45) is 0.271. The Bertz CT molecular complexity index is 249. The van der Waals surface area contributed by atoms with E-state index in [4.69, 9.17) is 15.9 Å². The Labute approximate surface area is 88.3 Å². The molecule has 0 fully saturated rings. The number of hydrogen-bond donors (Lipinski definition) is 3. The van der Waals surface area contributed by atoms with Crippen LogP contribution in [0, 0.1) is 0 Å². The molecule has 1 unspecified atom stereocenters. The minimum Gasteiger partial charge on any atom is -0.478 e. The summed E-state index contributed by atoms with van der Waals surface area (Å²) in [5.41, 5.74) is 4.98. The van der Waals surface area contributed by atoms with Crippen LogP contribution in [-0.2, 0) is 4.79 Å². The van der Waals surface area contributed by atoms with Gasteiger partial charge in [-0.3, -0.25) is 4.90 Å². The molecular weight excluding hydrogens is 200 g/mol. The van der Waals surface area contributed by atoms with E-state index >= 15 is 0 Å². The lowest BCUT2D eigenvalue weighted by Crippen LogP contribution is -2.37. The third-order valence-electron chi connectivity index (χ3n) is 1.22. The smallest absolute Gasteiger partial charge is 0.330 e. The maximum atomic E-state index is 10.3. The molecule has 4 N–H and O–H groups in total. The topological polar surface area (TPSA) is 104 Å². The molecule has 0 aliphatic carbocycles. The van der Waals surface area contributed by atoms with Crippen molar-refractivity contribution in [1.82, 2.24) is 4.90 Å². The number of aliphatic carboxylic acids is 1. The van der Waals surface area contributed by atoms with Gasteiger partial charge in [-0.25, -0.2) is 9.59 Å². The Morgan fingerprint density at radius 2 is 1.87 bits per heavy atom. The summed E-state index contributed by atoms with van der Waals surface area (Å²) in [6.45, 7) is 9.29. The number of hydrogen-bond acceptors (Lipinski definition) is 3. The van der Waals surface area contributed by atoms with Crippen molar-refractivity contribution in [2.24, 2.45) is 5.73 Å². The second-order valence-electron chi connectivity index (χ2n) is 2.65. The van der Waals surface area contributed by atoms with Crippen molar-refractivity contribution in [3.63, 3.8) is 0 Å². The van der Waals surface area contributed by atoms with Gasteiger partial charge >= 0.3 is 12.0 Å². The number of carboxylic acids is 1. The van der Waals surface area contributed by atoms with Crippen LogP contribution in [0.15, 0.2) is 24.9 Å². The van der Waals surface area contributed by atoms with Gasteiger partial charge in [0.2, 0.25) is 0 Å². The molecule has 0 aromatic carbocycles. The Morgan fingerprint density at radius 3 is 1.87 bits per heavy atom. The van der Waals surface area contributed by atoms with E-state index in [0.717, 1.165) is 4.90 Å². The zero-order valence-electron chi connectivity index (χ0n) is 8.80. The number of aliphatic hydroxyl groups excluding tert-OH is 1. The summed E-state index contributed by atoms with van der Waals surface area (Å²) < 4.78 is 0. The number of aliphatic hydroxyl groups is 1. The first-order chi connectivity index (χ1) is 6.73. The largest absolute Gasteiger partial charge is 0.478 e. The average Bonchev–Trinajstić information content (AvgIpc) is 2.04. The molecule has 0 aliphatic rings. The summed E-state index contributed by atoms with van der Waals surface area (Å²) in [6, 6.07) is -0.708. The number of nitrogens with zero attached hydrogens (tertiary/aromatic N) is 1. The predicted octanol–water partition coefficient (Wildman–Crippen LogP) is 0.496. The molecule has 2 amide bonds. The first-order valence-corrected chi connectivity index (χ1v) is 4.01. The number of urea groups is 1. The van der Waals surface area contributed by atoms with E-state index in [-0.39, 0.29) is 5.57 Å². The second-order valence-corrected chi connectivity index (χ2v) is 2.65. The van der Waals surface area contributed by atoms with Gasteiger partial charge in [0.25, 0.3) is 0 Å². The highest BCUT2D eigenvalue weighted by atomic mass is 16.4. The van der Waals surface area contributed by atoms with Crippen molar-refractivity contribution in [1.29, 1.82) is 0 Å². The Hall–Kier alpha value is -1.82. The van der Waals surface area contributed by atoms with Crippen LogP contribution in [0.4, 0.5) is 4.79 Å². The molecule has 86 valence electrons. The maximum Gasteiger partial charge on any atom is 0.330 e. The third-order valence-corrected chi connectivity index (χ3v) is 1.22. The van der Waals surface area contributed by atoms with Crippen molar-refractivity contribution < 1.29 is 19.8 Å². The van der Waals surface area contributed by atoms with Gasteiger partial charge in [0.15, 0.2) is 0 Å². The van der Waals surface area contributed by atoms with Crippen molar-refractivity contribution in [3.05, 3.63) is 24.9 Å². The van der Waals surface area contributed by atoms with Crippen LogP contribution in [0.1, 0.15) is 13.8 Å². The standard InChI is InChI=1S/C5H10N2O2.C4H6O2/c1-3-7(4(2)8)5(6)9;1-3(2)4(5)6/h3-4,8H,1H2,2H3,(H2,6,9);1H2,2H3,(H,5,6). The fourth-order valence-corrected chi connectivity index (χ4v) is 0.427. The lowest BCUT2D eigenvalue weighted by molar-refractivity contribution is -0.132. The second kappa shape index (κ2) is 7.57. The molecule has 1 atom stereocenters. The highest BCUT2D eigenvalue weighted by Crippen LogP contribution is 1.92. The fraction of sp³-hybridized carbons (Fsp3) is 0.333. The molecule has 6 heteroatoms. The number of carboxylic acid groups (broad SMARTS) is 1. The van der Waals surface area contributed by atoms with Crippen molar-refractivity contribution in [2.45, 2.75) is 20.1 Å². The van der Waals surface area contributed by atoms with E-state index in [1.165, 1.54) is 20.0 Å². The van der Waals surface area contributed by atoms with Crippen LogP contribution >= 0.6 is 0 Å². The highest BCUT2D eigenvalue weighted by Gasteiger charge is 2.09. The van der Waals surface area contributed by atoms with E-state index in [0.29, 0.717) is 0 Å². The van der Waals surface area contributed by atoms with Gasteiger partial charge in [-0.2, -0.15) is 0 Å². The quantitative estimate of drug-likeness (QED) is 0.472. The van der Waals surface area contributed by atoms with E-state index in [1.807, 2.05) is 0 Å². The lowest BCUT2D eigenvalue weighted by Gasteiger charge is -2.17. The average molecular weight is 216 g/mol. The molecule has 0 aliphatic heterocycles. The summed E-state index contributed by atoms with van der Waals surface area (Å²) in [7, 11) is 0. The van der Waals surface area contributed by atoms with Gasteiger partial charge in [0.05, 0.1) is 0 Å². The Balaban J connectivity index is 0. The van der Waals surface area contributed by atoms with Crippen LogP contribution in [0.2, 0.25) is 0 Å². The van der Waals surface area contributed by atoms with Gasteiger partial charge in [0, 0.05) is 11.8 Å². The predicted molar refractivity (Wildman–Crippen MR) is 55.8 cm³/mol. The van der Waals surface area contributed by atoms with E-state index in [1.54, 1.807) is 0 Å². The zero-order valence-corrected chi connectivity index (χ0v) is 8.80. The minimum atomic E-state index is -0.935. The minimum absolute atomic E-state index is 0.176. The monoisotopic (exact) mass is 216 g/mol. The van der Waals surface area contributed by atoms with Crippen LogP contribution < -0.4 is 5.73 Å². The Morgan fingerprint density at radius 1 is 1.53 bits per heavy atom. The number of nitrogens with two attached hydrogens (primary N) is 1. The van der Waals surface area contributed by atoms with Crippen LogP contribution in [0.25, 0.3) is 0 Å². The van der Waals surface area contributed by atoms with Crippen molar-refractivity contribution in [3.8, 4) is 0 Å². The van der Waals surface area contributed by atoms with Gasteiger partial charge < -0.3 is 15.9 Å². The number of carbonyl (C=O) groups excluding carboxylic acids is 1.